The van der Waals surface area contributed by atoms with Gasteiger partial charge < -0.3 is 23.5 Å². The van der Waals surface area contributed by atoms with Crippen LogP contribution in [0.1, 0.15) is 20.3 Å². The van der Waals surface area contributed by atoms with Crippen molar-refractivity contribution in [1.29, 1.82) is 0 Å². The van der Waals surface area contributed by atoms with Crippen LogP contribution in [0.15, 0.2) is 30.3 Å². The van der Waals surface area contributed by atoms with E-state index in [1.165, 1.54) is 5.19 Å². The van der Waals surface area contributed by atoms with Gasteiger partial charge in [-0.25, -0.2) is 0 Å². The van der Waals surface area contributed by atoms with Crippen molar-refractivity contribution in [2.75, 3.05) is 20.3 Å². The molecule has 1 aromatic carbocycles. The van der Waals surface area contributed by atoms with Gasteiger partial charge in [-0.1, -0.05) is 37.3 Å². The molecule has 1 rings (SSSR count). The molecular weight excluding hydrogens is 352 g/mol. The average Bonchev–Trinajstić information content (AvgIpc) is 2.60. The fraction of sp³-hybridized carbons (Fsp3) is 0.667. The number of hydrogen-bond donors (Lipinski definition) is 2. The Kier molecular flexibility index (Phi) is 9.51. The molecule has 5 nitrogen and oxygen atoms in total. The summed E-state index contributed by atoms with van der Waals surface area (Å²) in [6, 6.07) is 12.1. The monoisotopic (exact) mass is 386 g/mol. The molecule has 144 valence electrons. The topological polar surface area (TPSA) is 68.2 Å². The van der Waals surface area contributed by atoms with Crippen LogP contribution in [-0.2, 0) is 13.3 Å². The Labute approximate surface area is 154 Å². The molecule has 25 heavy (non-hydrogen) atoms. The van der Waals surface area contributed by atoms with E-state index in [-0.39, 0.29) is 6.61 Å². The molecule has 0 aliphatic rings. The van der Waals surface area contributed by atoms with E-state index >= 15 is 0 Å². The average molecular weight is 387 g/mol. The number of aliphatic hydroxyl groups excluding tert-OH is 2. The Morgan fingerprint density at radius 2 is 1.76 bits per heavy atom. The lowest BCUT2D eigenvalue weighted by Gasteiger charge is -2.37. The maximum atomic E-state index is 9.55. The highest BCUT2D eigenvalue weighted by molar-refractivity contribution is 6.91. The second-order valence-electron chi connectivity index (χ2n) is 6.93. The van der Waals surface area contributed by atoms with E-state index in [0.29, 0.717) is 6.61 Å². The zero-order chi connectivity index (χ0) is 18.9. The van der Waals surface area contributed by atoms with Crippen LogP contribution in [0.25, 0.3) is 0 Å². The standard InChI is InChI=1S/C18H34O5Si2/c1-6-25(21-3,14-10-13-22-15-18(20)16(2)19)23-24(4,5)17-11-8-7-9-12-17/h7-9,11-12,16,18-20H,6,10,13-15H2,1-5H3. The Morgan fingerprint density at radius 3 is 2.28 bits per heavy atom. The first kappa shape index (κ1) is 22.5. The number of aliphatic hydroxyl groups is 2. The fourth-order valence-corrected chi connectivity index (χ4v) is 10.8. The fourth-order valence-electron chi connectivity index (χ4n) is 2.74. The third kappa shape index (κ3) is 7.30. The highest BCUT2D eigenvalue weighted by atomic mass is 28.4. The van der Waals surface area contributed by atoms with Gasteiger partial charge in [-0.05, 0) is 43.7 Å². The van der Waals surface area contributed by atoms with Gasteiger partial charge in [0.2, 0.25) is 8.32 Å². The number of hydrogen-bond acceptors (Lipinski definition) is 5. The second kappa shape index (κ2) is 10.6. The van der Waals surface area contributed by atoms with Crippen LogP contribution < -0.4 is 5.19 Å². The molecule has 0 fully saturated rings. The number of ether oxygens (including phenoxy) is 1. The van der Waals surface area contributed by atoms with Gasteiger partial charge >= 0.3 is 8.56 Å². The molecule has 0 aliphatic carbocycles. The van der Waals surface area contributed by atoms with Crippen LogP contribution in [0, 0.1) is 0 Å². The van der Waals surface area contributed by atoms with Crippen molar-refractivity contribution in [3.05, 3.63) is 30.3 Å². The Bertz CT molecular complexity index is 478. The van der Waals surface area contributed by atoms with Crippen LogP contribution in [0.4, 0.5) is 0 Å². The molecule has 2 N–H and O–H groups in total. The molecule has 7 heteroatoms. The molecular formula is C18H34O5Si2. The zero-order valence-electron chi connectivity index (χ0n) is 16.2. The van der Waals surface area contributed by atoms with Crippen molar-refractivity contribution in [3.8, 4) is 0 Å². The summed E-state index contributed by atoms with van der Waals surface area (Å²) < 4.78 is 18.1. The molecule has 0 saturated carbocycles. The summed E-state index contributed by atoms with van der Waals surface area (Å²) in [7, 11) is -2.57. The summed E-state index contributed by atoms with van der Waals surface area (Å²) in [6.45, 7) is 8.79. The van der Waals surface area contributed by atoms with Gasteiger partial charge in [0.1, 0.15) is 6.10 Å². The van der Waals surface area contributed by atoms with Crippen molar-refractivity contribution < 1.29 is 23.5 Å². The number of benzene rings is 1. The lowest BCUT2D eigenvalue weighted by molar-refractivity contribution is -0.0303. The summed E-state index contributed by atoms with van der Waals surface area (Å²) >= 11 is 0. The van der Waals surface area contributed by atoms with Crippen molar-refractivity contribution in [3.63, 3.8) is 0 Å². The summed E-state index contributed by atoms with van der Waals surface area (Å²) in [5.41, 5.74) is 0. The third-order valence-corrected chi connectivity index (χ3v) is 12.7. The minimum Gasteiger partial charge on any atom is -0.432 e. The van der Waals surface area contributed by atoms with Crippen molar-refractivity contribution in [1.82, 2.24) is 0 Å². The van der Waals surface area contributed by atoms with Crippen molar-refractivity contribution >= 4 is 22.1 Å². The predicted octanol–water partition coefficient (Wildman–Crippen LogP) is 2.37. The molecule has 1 aromatic rings. The largest absolute Gasteiger partial charge is 0.432 e. The SMILES string of the molecule is CC[Si](CCCOCC(O)C(C)O)(OC)O[Si](C)(C)c1ccccc1. The van der Waals surface area contributed by atoms with E-state index in [0.717, 1.165) is 18.5 Å². The van der Waals surface area contributed by atoms with Crippen molar-refractivity contribution in [2.24, 2.45) is 0 Å². The van der Waals surface area contributed by atoms with E-state index in [9.17, 15) is 10.2 Å². The van der Waals surface area contributed by atoms with E-state index in [2.05, 4.69) is 44.3 Å². The zero-order valence-corrected chi connectivity index (χ0v) is 18.2. The van der Waals surface area contributed by atoms with Crippen LogP contribution in [0.5, 0.6) is 0 Å². The van der Waals surface area contributed by atoms with E-state index in [4.69, 9.17) is 13.3 Å². The minimum atomic E-state index is -2.29. The Morgan fingerprint density at radius 1 is 1.12 bits per heavy atom. The lowest BCUT2D eigenvalue weighted by atomic mass is 10.2. The minimum absolute atomic E-state index is 0.149. The summed E-state index contributed by atoms with van der Waals surface area (Å²) in [6.07, 6.45) is -0.792. The molecule has 0 aliphatic heterocycles. The van der Waals surface area contributed by atoms with Gasteiger partial charge in [0.15, 0.2) is 0 Å². The van der Waals surface area contributed by atoms with E-state index in [1.807, 2.05) is 6.07 Å². The molecule has 0 spiro atoms. The summed E-state index contributed by atoms with van der Waals surface area (Å²) in [5, 5.41) is 20.1. The first-order valence-corrected chi connectivity index (χ1v) is 14.1. The summed E-state index contributed by atoms with van der Waals surface area (Å²) in [4.78, 5) is 0. The third-order valence-electron chi connectivity index (χ3n) is 4.51. The van der Waals surface area contributed by atoms with Crippen LogP contribution in [0.2, 0.25) is 25.2 Å². The van der Waals surface area contributed by atoms with Gasteiger partial charge in [0, 0.05) is 13.7 Å². The van der Waals surface area contributed by atoms with E-state index < -0.39 is 29.1 Å². The Balaban J connectivity index is 2.59. The van der Waals surface area contributed by atoms with Gasteiger partial charge in [-0.15, -0.1) is 0 Å². The van der Waals surface area contributed by atoms with Crippen LogP contribution in [0.3, 0.4) is 0 Å². The lowest BCUT2D eigenvalue weighted by Crippen LogP contribution is -2.56. The van der Waals surface area contributed by atoms with Crippen LogP contribution in [-0.4, -0.2) is 59.6 Å². The molecule has 0 saturated heterocycles. The molecule has 3 atom stereocenters. The molecule has 3 unspecified atom stereocenters. The van der Waals surface area contributed by atoms with Gasteiger partial charge in [0.25, 0.3) is 0 Å². The molecule has 0 radical (unpaired) electrons. The maximum Gasteiger partial charge on any atom is 0.327 e. The molecule has 0 heterocycles. The van der Waals surface area contributed by atoms with Gasteiger partial charge in [-0.3, -0.25) is 0 Å². The van der Waals surface area contributed by atoms with Crippen molar-refractivity contribution in [2.45, 2.75) is 57.7 Å². The predicted molar refractivity (Wildman–Crippen MR) is 106 cm³/mol. The summed E-state index contributed by atoms with van der Waals surface area (Å²) in [5.74, 6) is 0. The normalized spacial score (nSPS) is 17.1. The first-order valence-electron chi connectivity index (χ1n) is 9.01. The number of rotatable bonds is 12. The maximum absolute atomic E-state index is 9.55. The van der Waals surface area contributed by atoms with E-state index in [1.54, 1.807) is 14.0 Å². The molecule has 0 aromatic heterocycles. The molecule has 0 bridgehead atoms. The smallest absolute Gasteiger partial charge is 0.327 e. The Hall–Kier alpha value is -0.546. The first-order chi connectivity index (χ1) is 11.8. The van der Waals surface area contributed by atoms with Crippen LogP contribution >= 0.6 is 0 Å². The van der Waals surface area contributed by atoms with Gasteiger partial charge in [0.05, 0.1) is 12.7 Å². The quantitative estimate of drug-likeness (QED) is 0.426. The van der Waals surface area contributed by atoms with Gasteiger partial charge in [-0.2, -0.15) is 0 Å². The highest BCUT2D eigenvalue weighted by Crippen LogP contribution is 2.25. The highest BCUT2D eigenvalue weighted by Gasteiger charge is 2.41. The molecule has 0 amide bonds. The second-order valence-corrected chi connectivity index (χ2v) is 14.8.